The molecule has 0 heterocycles. The van der Waals surface area contributed by atoms with E-state index >= 15 is 0 Å². The minimum absolute atomic E-state index is 0. The molecule has 0 spiro atoms. The van der Waals surface area contributed by atoms with Gasteiger partial charge in [0.2, 0.25) is 0 Å². The molecule has 0 atom stereocenters. The van der Waals surface area contributed by atoms with Crippen LogP contribution in [0.3, 0.4) is 0 Å². The van der Waals surface area contributed by atoms with Crippen molar-refractivity contribution in [3.8, 4) is 0 Å². The van der Waals surface area contributed by atoms with Crippen LogP contribution >= 0.6 is 0 Å². The molecule has 0 aromatic heterocycles. The Morgan fingerprint density at radius 1 is 0.667 bits per heavy atom. The van der Waals surface area contributed by atoms with E-state index in [-0.39, 0.29) is 138 Å². The third kappa shape index (κ3) is 27.6. The summed E-state index contributed by atoms with van der Waals surface area (Å²) in [5, 5.41) is 12.5. The Balaban J connectivity index is -0.00000000500. The maximum Gasteiger partial charge on any atom is 1.00 e. The molecule has 0 N–H and O–H groups in total. The van der Waals surface area contributed by atoms with Crippen LogP contribution in [0.2, 0.25) is 0 Å². The summed E-state index contributed by atoms with van der Waals surface area (Å²) in [6.45, 7) is 9.50. The van der Waals surface area contributed by atoms with Gasteiger partial charge in [-0.3, -0.25) is 0 Å². The van der Waals surface area contributed by atoms with Crippen molar-refractivity contribution in [1.29, 1.82) is 10.5 Å². The Labute approximate surface area is 156 Å². The maximum atomic E-state index is 6.25. The summed E-state index contributed by atoms with van der Waals surface area (Å²) in [4.78, 5) is 0. The second kappa shape index (κ2) is 42.7. The van der Waals surface area contributed by atoms with Gasteiger partial charge in [-0.05, 0) is 0 Å². The van der Waals surface area contributed by atoms with Gasteiger partial charge in [-0.15, -0.1) is 0 Å². The molecule has 0 aliphatic carbocycles. The first-order valence-corrected chi connectivity index (χ1v) is 0.447. The summed E-state index contributed by atoms with van der Waals surface area (Å²) in [5.41, 5.74) is 0. The van der Waals surface area contributed by atoms with E-state index in [0.29, 0.717) is 0 Å². The number of hydrogen-bond donors (Lipinski definition) is 0. The predicted molar refractivity (Wildman–Crippen MR) is 9.94 cm³/mol. The van der Waals surface area contributed by atoms with Crippen LogP contribution in [0.4, 0.5) is 0 Å². The topological polar surface area (TPSA) is 47.6 Å². The Hall–Kier alpha value is 3.08. The van der Waals surface area contributed by atoms with E-state index < -0.39 is 0 Å². The predicted octanol–water partition coefficient (Wildman–Crippen LogP) is -5.80. The van der Waals surface area contributed by atoms with Crippen LogP contribution in [-0.4, -0.2) is 0 Å². The molecule has 0 radical (unpaired) electrons. The van der Waals surface area contributed by atoms with E-state index in [9.17, 15) is 0 Å². The maximum absolute atomic E-state index is 6.25. The van der Waals surface area contributed by atoms with Gasteiger partial charge >= 0.3 is 138 Å². The van der Waals surface area contributed by atoms with Crippen molar-refractivity contribution < 1.29 is 138 Å². The Morgan fingerprint density at radius 2 is 0.667 bits per heavy atom. The van der Waals surface area contributed by atoms with Crippen LogP contribution in [0.1, 0.15) is 0 Å². The Kier molecular flexibility index (Phi) is 163. The van der Waals surface area contributed by atoms with E-state index in [1.54, 1.807) is 0 Å². The zero-order chi connectivity index (χ0) is 4.00. The molecule has 6 heavy (non-hydrogen) atoms. The molecule has 0 bridgehead atoms. The molecule has 0 saturated carbocycles. The third-order valence-corrected chi connectivity index (χ3v) is 0. The van der Waals surface area contributed by atoms with Gasteiger partial charge in [0.15, 0.2) is 0 Å². The molecule has 0 saturated heterocycles. The molecule has 2 nitrogen and oxygen atoms in total. The minimum atomic E-state index is 0. The van der Waals surface area contributed by atoms with Gasteiger partial charge in [0.1, 0.15) is 0 Å². The van der Waals surface area contributed by atoms with Gasteiger partial charge in [-0.1, -0.05) is 0 Å². The van der Waals surface area contributed by atoms with Gasteiger partial charge in [0.05, 0.1) is 0 Å². The molecule has 0 aromatic carbocycles. The van der Waals surface area contributed by atoms with E-state index in [1.807, 2.05) is 0 Å². The van der Waals surface area contributed by atoms with Gasteiger partial charge in [0, 0.05) is 0 Å². The van der Waals surface area contributed by atoms with Crippen molar-refractivity contribution in [2.24, 2.45) is 0 Å². The van der Waals surface area contributed by atoms with Crippen LogP contribution in [-0.2, 0) is 0 Å². The largest absolute Gasteiger partial charge is 1.00 e. The van der Waals surface area contributed by atoms with Crippen molar-refractivity contribution in [1.82, 2.24) is 0 Å². The van der Waals surface area contributed by atoms with Crippen LogP contribution in [0.15, 0.2) is 0 Å². The molecule has 4 heteroatoms. The molecule has 0 aliphatic rings. The molecular weight excluding hydrogens is 318 g/mol. The van der Waals surface area contributed by atoms with E-state index in [1.165, 1.54) is 0 Å². The fourth-order valence-corrected chi connectivity index (χ4v) is 0. The molecular formula is C2Cs2N2. The van der Waals surface area contributed by atoms with Crippen molar-refractivity contribution in [2.75, 3.05) is 0 Å². The van der Waals surface area contributed by atoms with E-state index in [4.69, 9.17) is 23.7 Å². The van der Waals surface area contributed by atoms with Crippen LogP contribution in [0, 0.1) is 23.7 Å². The summed E-state index contributed by atoms with van der Waals surface area (Å²) in [5.74, 6) is 0. The Morgan fingerprint density at radius 3 is 0.667 bits per heavy atom. The SMILES string of the molecule is [C-]#N.[C-]#N.[Cs+].[Cs+]. The first-order valence-electron chi connectivity index (χ1n) is 0.447. The van der Waals surface area contributed by atoms with Crippen molar-refractivity contribution in [3.63, 3.8) is 0 Å². The van der Waals surface area contributed by atoms with Crippen molar-refractivity contribution in [3.05, 3.63) is 13.1 Å². The van der Waals surface area contributed by atoms with Crippen molar-refractivity contribution >= 4 is 0 Å². The summed E-state index contributed by atoms with van der Waals surface area (Å²) in [7, 11) is 0. The van der Waals surface area contributed by atoms with Crippen LogP contribution in [0.25, 0.3) is 0 Å². The van der Waals surface area contributed by atoms with Crippen LogP contribution in [0.5, 0.6) is 0 Å². The fourth-order valence-electron chi connectivity index (χ4n) is 0. The third-order valence-electron chi connectivity index (χ3n) is 0. The first kappa shape index (κ1) is 23.0. The smallest absolute Gasteiger partial charge is 0.512 e. The van der Waals surface area contributed by atoms with E-state index in [2.05, 4.69) is 0 Å². The van der Waals surface area contributed by atoms with Gasteiger partial charge in [-0.25, -0.2) is 0 Å². The summed E-state index contributed by atoms with van der Waals surface area (Å²) in [6.07, 6.45) is 0. The molecule has 0 unspecified atom stereocenters. The van der Waals surface area contributed by atoms with Crippen LogP contribution < -0.4 is 138 Å². The molecule has 0 aromatic rings. The molecule has 0 rings (SSSR count). The van der Waals surface area contributed by atoms with Gasteiger partial charge in [0.25, 0.3) is 0 Å². The summed E-state index contributed by atoms with van der Waals surface area (Å²) >= 11 is 0. The normalized spacial score (nSPS) is 0.667. The van der Waals surface area contributed by atoms with Gasteiger partial charge in [-0.2, -0.15) is 0 Å². The zero-order valence-corrected chi connectivity index (χ0v) is 16.5. The average Bonchev–Trinajstić information content (AvgIpc) is 1.50. The molecule has 0 fully saturated rings. The fraction of sp³-hybridized carbons (Fsp3) is 0. The second-order valence-electron chi connectivity index (χ2n) is 0. The van der Waals surface area contributed by atoms with E-state index in [0.717, 1.165) is 0 Å². The quantitative estimate of drug-likeness (QED) is 0.418. The summed E-state index contributed by atoms with van der Waals surface area (Å²) < 4.78 is 0. The van der Waals surface area contributed by atoms with Crippen molar-refractivity contribution in [2.45, 2.75) is 0 Å². The Bertz CT molecular complexity index is 25.0. The zero-order valence-electron chi connectivity index (χ0n) is 3.89. The number of hydrogen-bond acceptors (Lipinski definition) is 2. The summed E-state index contributed by atoms with van der Waals surface area (Å²) in [6, 6.07) is 0. The second-order valence-corrected chi connectivity index (χ2v) is 0. The minimum Gasteiger partial charge on any atom is -0.512 e. The van der Waals surface area contributed by atoms with Gasteiger partial charge < -0.3 is 23.7 Å². The molecule has 20 valence electrons. The standard InChI is InChI=1S/2CN.2Cs/c2*1-2;;/q2*-1;2*+1. The number of nitrogens with zero attached hydrogens (tertiary/aromatic N) is 2. The monoisotopic (exact) mass is 318 g/mol. The molecule has 0 amide bonds. The molecule has 0 aliphatic heterocycles. The average molecular weight is 318 g/mol. The first-order chi connectivity index (χ1) is 2.00. The number of rotatable bonds is 0.